The molecule has 0 fully saturated rings. The van der Waals surface area contributed by atoms with Crippen LogP contribution in [0, 0.1) is 0 Å². The van der Waals surface area contributed by atoms with Crippen molar-refractivity contribution in [3.63, 3.8) is 0 Å². The summed E-state index contributed by atoms with van der Waals surface area (Å²) in [7, 11) is 4.14. The average molecular weight is 1680 g/mol. The fourth-order valence-corrected chi connectivity index (χ4v) is 14.2. The molecule has 0 saturated carbocycles. The molecule has 0 bridgehead atoms. The molecule has 0 heterocycles. The fraction of sp³-hybridized carbons (Fsp3) is 0.687. The highest BCUT2D eigenvalue weighted by Crippen LogP contribution is 2.29. The number of ether oxygens (including phenoxy) is 11. The SMILES string of the molecule is COC(=O)c1cc(OCCCCCCCCCCNC(=O)CCCCCCCCCCOc2cc(OCCCCCCCCCCNC(=O)OC(C)(C)C)cc(C(=O)OC)c2)cc(OCCCCCCCCCCC(=O)NCCCCCCCCCCOc2cc(OCCCCCCCCCCC(=O)OCc3ccccc3)cc(C(=O)OC)c2)c1. The number of carbonyl (C=O) groups excluding carboxylic acids is 7. The van der Waals surface area contributed by atoms with Crippen LogP contribution in [0.25, 0.3) is 0 Å². The summed E-state index contributed by atoms with van der Waals surface area (Å²) in [5, 5.41) is 9.06. The van der Waals surface area contributed by atoms with Crippen molar-refractivity contribution in [2.45, 2.75) is 360 Å². The molecule has 120 heavy (non-hydrogen) atoms. The van der Waals surface area contributed by atoms with Crippen LogP contribution in [0.4, 0.5) is 4.79 Å². The lowest BCUT2D eigenvalue weighted by atomic mass is 10.1. The smallest absolute Gasteiger partial charge is 0.407 e. The second kappa shape index (κ2) is 70.3. The molecule has 3 N–H and O–H groups in total. The Morgan fingerprint density at radius 2 is 0.508 bits per heavy atom. The molecule has 4 aromatic carbocycles. The summed E-state index contributed by atoms with van der Waals surface area (Å²) in [6.07, 6.45) is 53.2. The van der Waals surface area contributed by atoms with Gasteiger partial charge in [-0.1, -0.05) is 261 Å². The van der Waals surface area contributed by atoms with Crippen molar-refractivity contribution in [3.8, 4) is 34.5 Å². The van der Waals surface area contributed by atoms with Gasteiger partial charge < -0.3 is 68.1 Å². The van der Waals surface area contributed by atoms with Gasteiger partial charge in [0.25, 0.3) is 0 Å². The molecule has 0 radical (unpaired) electrons. The molecule has 21 nitrogen and oxygen atoms in total. The number of hydrogen-bond donors (Lipinski definition) is 3. The Balaban J connectivity index is 0.869. The van der Waals surface area contributed by atoms with Gasteiger partial charge in [-0.2, -0.15) is 0 Å². The lowest BCUT2D eigenvalue weighted by Gasteiger charge is -2.19. The molecule has 21 heteroatoms. The van der Waals surface area contributed by atoms with Crippen LogP contribution in [0.1, 0.15) is 385 Å². The van der Waals surface area contributed by atoms with Crippen LogP contribution >= 0.6 is 0 Å². The average Bonchev–Trinajstić information content (AvgIpc) is 0.863. The lowest BCUT2D eigenvalue weighted by molar-refractivity contribution is -0.145. The van der Waals surface area contributed by atoms with Crippen molar-refractivity contribution < 1.29 is 85.7 Å². The third-order valence-electron chi connectivity index (χ3n) is 21.2. The van der Waals surface area contributed by atoms with E-state index in [1.165, 1.54) is 66.3 Å². The predicted octanol–water partition coefficient (Wildman–Crippen LogP) is 24.1. The molecule has 0 aromatic heterocycles. The van der Waals surface area contributed by atoms with Gasteiger partial charge in [-0.15, -0.1) is 0 Å². The zero-order valence-electron chi connectivity index (χ0n) is 75.1. The van der Waals surface area contributed by atoms with Gasteiger partial charge in [0.1, 0.15) is 46.7 Å². The highest BCUT2D eigenvalue weighted by molar-refractivity contribution is 5.91. The Morgan fingerprint density at radius 3 is 0.767 bits per heavy atom. The summed E-state index contributed by atoms with van der Waals surface area (Å²) in [5.74, 6) is 2.59. The summed E-state index contributed by atoms with van der Waals surface area (Å²) in [6.45, 7) is 11.4. The van der Waals surface area contributed by atoms with Crippen LogP contribution in [0.2, 0.25) is 0 Å². The fourth-order valence-electron chi connectivity index (χ4n) is 14.2. The summed E-state index contributed by atoms with van der Waals surface area (Å²) >= 11 is 0. The standard InChI is InChI=1S/C99H157N3O18/c1-99(2,3)120-98(109)102-65-51-36-24-12-18-30-42-57-71-118-91-77-84(96(107)111-5)73-87(79-91)114-67-53-38-26-14-8-20-32-47-61-93(104)100-63-49-34-22-10-16-28-40-55-69-116-89-75-83(95(106)110-4)72-86(78-89)113-66-52-37-25-13-7-19-31-46-60-92(103)101-64-50-35-23-11-17-29-41-56-70-117-90-76-85(97(108)112-6)74-88(80-90)115-68-54-39-27-15-9-21-33-48-62-94(105)119-81-82-58-44-43-45-59-82/h43-45,58-59,72-80H,7-42,46-57,60-71,81H2,1-6H3,(H,100,104)(H,101,103)(H,102,109). The zero-order chi connectivity index (χ0) is 86.2. The minimum Gasteiger partial charge on any atom is -0.493 e. The maximum atomic E-state index is 12.5. The highest BCUT2D eigenvalue weighted by atomic mass is 16.6. The Kier molecular flexibility index (Phi) is 61.0. The van der Waals surface area contributed by atoms with Gasteiger partial charge in [0, 0.05) is 57.1 Å². The highest BCUT2D eigenvalue weighted by Gasteiger charge is 2.18. The third kappa shape index (κ3) is 57.1. The number of amides is 3. The van der Waals surface area contributed by atoms with E-state index in [2.05, 4.69) is 16.0 Å². The van der Waals surface area contributed by atoms with E-state index in [1.807, 2.05) is 69.3 Å². The number of rotatable bonds is 77. The summed E-state index contributed by atoms with van der Waals surface area (Å²) in [5.41, 5.74) is 1.77. The van der Waals surface area contributed by atoms with Crippen LogP contribution in [-0.4, -0.2) is 128 Å². The van der Waals surface area contributed by atoms with Gasteiger partial charge in [-0.3, -0.25) is 14.4 Å². The number of unbranched alkanes of at least 4 members (excludes halogenated alkanes) is 42. The van der Waals surface area contributed by atoms with Crippen molar-refractivity contribution in [2.75, 3.05) is 80.6 Å². The summed E-state index contributed by atoms with van der Waals surface area (Å²) < 4.78 is 62.1. The van der Waals surface area contributed by atoms with Crippen molar-refractivity contribution in [3.05, 3.63) is 107 Å². The number of alkyl carbamates (subject to hydrolysis) is 1. The molecule has 0 aliphatic heterocycles. The second-order valence-corrected chi connectivity index (χ2v) is 33.1. The van der Waals surface area contributed by atoms with E-state index in [9.17, 15) is 33.6 Å². The van der Waals surface area contributed by atoms with Crippen molar-refractivity contribution in [1.82, 2.24) is 16.0 Å². The van der Waals surface area contributed by atoms with Crippen molar-refractivity contribution in [2.24, 2.45) is 0 Å². The van der Waals surface area contributed by atoms with Crippen LogP contribution in [0.15, 0.2) is 84.9 Å². The molecule has 3 amide bonds. The first-order valence-corrected chi connectivity index (χ1v) is 46.7. The van der Waals surface area contributed by atoms with Crippen LogP contribution in [0.5, 0.6) is 34.5 Å². The summed E-state index contributed by atoms with van der Waals surface area (Å²) in [4.78, 5) is 86.1. The van der Waals surface area contributed by atoms with Crippen LogP contribution in [0.3, 0.4) is 0 Å². The Morgan fingerprint density at radius 1 is 0.275 bits per heavy atom. The van der Waals surface area contributed by atoms with Gasteiger partial charge >= 0.3 is 30.0 Å². The quantitative estimate of drug-likeness (QED) is 0.0211. The van der Waals surface area contributed by atoms with E-state index in [0.717, 1.165) is 282 Å². The van der Waals surface area contributed by atoms with Crippen molar-refractivity contribution in [1.29, 1.82) is 0 Å². The normalized spacial score (nSPS) is 11.2. The van der Waals surface area contributed by atoms with Crippen LogP contribution in [-0.2, 0) is 44.7 Å². The van der Waals surface area contributed by atoms with E-state index in [0.29, 0.717) is 123 Å². The maximum absolute atomic E-state index is 12.5. The molecular formula is C99H157N3O18. The lowest BCUT2D eigenvalue weighted by Crippen LogP contribution is -2.32. The minimum atomic E-state index is -0.479. The van der Waals surface area contributed by atoms with Gasteiger partial charge in [0.2, 0.25) is 11.8 Å². The molecule has 4 rings (SSSR count). The van der Waals surface area contributed by atoms with Gasteiger partial charge in [-0.05, 0) is 140 Å². The molecule has 676 valence electrons. The number of benzene rings is 4. The Bertz CT molecular complexity index is 3320. The number of hydrogen-bond acceptors (Lipinski definition) is 18. The maximum Gasteiger partial charge on any atom is 0.407 e. The van der Waals surface area contributed by atoms with E-state index in [4.69, 9.17) is 52.1 Å². The minimum absolute atomic E-state index is 0.129. The number of methoxy groups -OCH3 is 3. The van der Waals surface area contributed by atoms with Gasteiger partial charge in [0.15, 0.2) is 0 Å². The van der Waals surface area contributed by atoms with Gasteiger partial charge in [0.05, 0.1) is 77.7 Å². The molecule has 0 atom stereocenters. The van der Waals surface area contributed by atoms with E-state index < -0.39 is 23.5 Å². The van der Waals surface area contributed by atoms with E-state index in [1.54, 1.807) is 36.4 Å². The predicted molar refractivity (Wildman–Crippen MR) is 478 cm³/mol. The monoisotopic (exact) mass is 1680 g/mol. The number of carbonyl (C=O) groups is 7. The molecule has 0 saturated heterocycles. The molecule has 0 aliphatic rings. The molecule has 0 spiro atoms. The second-order valence-electron chi connectivity index (χ2n) is 33.1. The first-order chi connectivity index (χ1) is 58.5. The molecule has 4 aromatic rings. The molecular weight excluding hydrogens is 1520 g/mol. The Labute approximate surface area is 722 Å². The van der Waals surface area contributed by atoms with Crippen molar-refractivity contribution >= 4 is 41.8 Å². The number of esters is 4. The summed E-state index contributed by atoms with van der Waals surface area (Å²) in [6, 6.07) is 25.7. The zero-order valence-corrected chi connectivity index (χ0v) is 75.1. The largest absolute Gasteiger partial charge is 0.493 e. The van der Waals surface area contributed by atoms with E-state index >= 15 is 0 Å². The number of nitrogens with one attached hydrogen (secondary N) is 3. The first-order valence-electron chi connectivity index (χ1n) is 46.7. The Hall–Kier alpha value is -8.23. The molecule has 0 aliphatic carbocycles. The topological polar surface area (TPSA) is 257 Å². The molecule has 0 unspecified atom stereocenters. The van der Waals surface area contributed by atoms with E-state index in [-0.39, 0.29) is 23.9 Å². The van der Waals surface area contributed by atoms with Crippen LogP contribution < -0.4 is 44.4 Å². The van der Waals surface area contributed by atoms with Gasteiger partial charge in [-0.25, -0.2) is 19.2 Å². The first kappa shape index (κ1) is 104. The third-order valence-corrected chi connectivity index (χ3v) is 21.2.